The van der Waals surface area contributed by atoms with Gasteiger partial charge in [-0.05, 0) is 18.9 Å². The lowest BCUT2D eigenvalue weighted by molar-refractivity contribution is -0.0662. The number of piperidine rings is 1. The van der Waals surface area contributed by atoms with Crippen LogP contribution in [0.5, 0.6) is 5.75 Å². The van der Waals surface area contributed by atoms with Gasteiger partial charge in [-0.2, -0.15) is 4.39 Å². The number of nitrogens with zero attached hydrogens (tertiary/aromatic N) is 2. The van der Waals surface area contributed by atoms with E-state index in [-0.39, 0.29) is 28.0 Å². The first-order chi connectivity index (χ1) is 13.3. The number of hydrogen-bond donors (Lipinski definition) is 1. The number of aliphatic hydroxyl groups is 1. The van der Waals surface area contributed by atoms with Crippen molar-refractivity contribution in [1.82, 2.24) is 9.88 Å². The van der Waals surface area contributed by atoms with Crippen molar-refractivity contribution in [2.24, 2.45) is 0 Å². The molecular weight excluding hydrogens is 397 g/mol. The van der Waals surface area contributed by atoms with Crippen molar-refractivity contribution in [2.45, 2.75) is 18.4 Å². The van der Waals surface area contributed by atoms with Gasteiger partial charge in [-0.1, -0.05) is 0 Å². The summed E-state index contributed by atoms with van der Waals surface area (Å²) in [6.45, 7) is 0.857. The Morgan fingerprint density at radius 1 is 1.29 bits per heavy atom. The number of carbonyl (C=O) groups is 1. The summed E-state index contributed by atoms with van der Waals surface area (Å²) in [5.41, 5.74) is -1.25. The predicted octanol–water partition coefficient (Wildman–Crippen LogP) is 2.85. The smallest absolute Gasteiger partial charge is 0.265 e. The Hall–Kier alpha value is -2.17. The topological polar surface area (TPSA) is 71.9 Å². The van der Waals surface area contributed by atoms with Crippen molar-refractivity contribution in [3.05, 3.63) is 34.6 Å². The Morgan fingerprint density at radius 3 is 2.57 bits per heavy atom. The highest BCUT2D eigenvalue weighted by atomic mass is 32.1. The molecule has 1 saturated heterocycles. The van der Waals surface area contributed by atoms with Gasteiger partial charge in [-0.25, -0.2) is 13.8 Å². The van der Waals surface area contributed by atoms with Gasteiger partial charge < -0.3 is 19.5 Å². The van der Waals surface area contributed by atoms with Crippen LogP contribution >= 0.6 is 11.3 Å². The van der Waals surface area contributed by atoms with Crippen molar-refractivity contribution in [3.63, 3.8) is 0 Å². The van der Waals surface area contributed by atoms with E-state index >= 15 is 0 Å². The molecule has 2 heterocycles. The lowest BCUT2D eigenvalue weighted by Crippen LogP contribution is -2.48. The summed E-state index contributed by atoms with van der Waals surface area (Å²) in [7, 11) is 2.53. The number of rotatable bonds is 5. The Morgan fingerprint density at radius 2 is 1.96 bits per heavy atom. The number of likely N-dealkylation sites (tertiary alicyclic amines) is 1. The van der Waals surface area contributed by atoms with Gasteiger partial charge in [-0.15, -0.1) is 11.3 Å². The largest absolute Gasteiger partial charge is 0.491 e. The van der Waals surface area contributed by atoms with E-state index in [4.69, 9.17) is 4.74 Å². The van der Waals surface area contributed by atoms with Crippen molar-refractivity contribution < 1.29 is 32.5 Å². The minimum atomic E-state index is -1.42. The van der Waals surface area contributed by atoms with Crippen LogP contribution in [-0.2, 0) is 4.74 Å². The number of aromatic nitrogens is 1. The zero-order chi connectivity index (χ0) is 20.5. The van der Waals surface area contributed by atoms with Crippen LogP contribution in [0.2, 0.25) is 0 Å². The van der Waals surface area contributed by atoms with E-state index in [1.165, 1.54) is 13.3 Å². The van der Waals surface area contributed by atoms with Crippen LogP contribution in [0.3, 0.4) is 0 Å². The first-order valence-electron chi connectivity index (χ1n) is 8.48. The second kappa shape index (κ2) is 8.06. The third kappa shape index (κ3) is 3.85. The lowest BCUT2D eigenvalue weighted by atomic mass is 9.92. The van der Waals surface area contributed by atoms with Crippen molar-refractivity contribution in [3.8, 4) is 16.3 Å². The fourth-order valence-electron chi connectivity index (χ4n) is 3.11. The number of halogens is 3. The Bertz CT molecular complexity index is 882. The summed E-state index contributed by atoms with van der Waals surface area (Å²) in [6, 6.07) is 0.687. The van der Waals surface area contributed by atoms with Crippen LogP contribution in [-0.4, -0.2) is 60.4 Å². The van der Waals surface area contributed by atoms with Gasteiger partial charge in [0.1, 0.15) is 9.88 Å². The number of carbonyl (C=O) groups excluding carboxylic acids is 1. The summed E-state index contributed by atoms with van der Waals surface area (Å²) in [4.78, 5) is 18.4. The monoisotopic (exact) mass is 416 g/mol. The molecule has 1 fully saturated rings. The molecule has 6 nitrogen and oxygen atoms in total. The molecule has 152 valence electrons. The Kier molecular flexibility index (Phi) is 5.92. The summed E-state index contributed by atoms with van der Waals surface area (Å²) in [5, 5.41) is 10.4. The molecule has 0 bridgehead atoms. The van der Waals surface area contributed by atoms with Crippen molar-refractivity contribution in [2.75, 3.05) is 33.9 Å². The average Bonchev–Trinajstić information content (AvgIpc) is 3.15. The van der Waals surface area contributed by atoms with E-state index < -0.39 is 28.8 Å². The summed E-state index contributed by atoms with van der Waals surface area (Å²) in [5.74, 6) is -4.94. The highest BCUT2D eigenvalue weighted by molar-refractivity contribution is 7.16. The fraction of sp³-hybridized carbons (Fsp3) is 0.444. The lowest BCUT2D eigenvalue weighted by Gasteiger charge is -2.37. The van der Waals surface area contributed by atoms with Gasteiger partial charge in [-0.3, -0.25) is 4.79 Å². The van der Waals surface area contributed by atoms with E-state index in [9.17, 15) is 23.1 Å². The quantitative estimate of drug-likeness (QED) is 0.759. The predicted molar refractivity (Wildman–Crippen MR) is 95.9 cm³/mol. The number of thiazole rings is 1. The molecule has 1 N–H and O–H groups in total. The summed E-state index contributed by atoms with van der Waals surface area (Å²) in [6.07, 6.45) is 2.01. The maximum atomic E-state index is 14.4. The summed E-state index contributed by atoms with van der Waals surface area (Å²) < 4.78 is 51.3. The van der Waals surface area contributed by atoms with Crippen LogP contribution < -0.4 is 4.74 Å². The molecule has 0 spiro atoms. The molecule has 1 aliphatic heterocycles. The number of benzene rings is 1. The molecule has 0 atom stereocenters. The van der Waals surface area contributed by atoms with Gasteiger partial charge in [0, 0.05) is 20.2 Å². The summed E-state index contributed by atoms with van der Waals surface area (Å²) >= 11 is 0.872. The molecule has 0 radical (unpaired) electrons. The second-order valence-corrected chi connectivity index (χ2v) is 7.58. The third-order valence-corrected chi connectivity index (χ3v) is 5.68. The number of amides is 1. The highest BCUT2D eigenvalue weighted by Gasteiger charge is 2.34. The number of methoxy groups -OCH3 is 2. The molecule has 1 aliphatic rings. The number of hydrogen-bond acceptors (Lipinski definition) is 6. The average molecular weight is 416 g/mol. The molecule has 0 saturated carbocycles. The highest BCUT2D eigenvalue weighted by Crippen LogP contribution is 2.35. The molecule has 1 amide bonds. The molecule has 1 aromatic carbocycles. The third-order valence-electron chi connectivity index (χ3n) is 4.66. The minimum absolute atomic E-state index is 0.0333. The standard InChI is InChI=1S/C18H19F3N2O4S/c1-26-9-18(25)3-5-23(6-4-18)17(24)12-8-22-16(28-12)10-7-11(19)14(21)15(27-2)13(10)20/h7-8,25H,3-6,9H2,1-2H3. The van der Waals surface area contributed by atoms with Gasteiger partial charge in [0.25, 0.3) is 5.91 Å². The Labute approximate surface area is 163 Å². The first kappa shape index (κ1) is 20.6. The van der Waals surface area contributed by atoms with Crippen LogP contribution in [0.25, 0.3) is 10.6 Å². The maximum absolute atomic E-state index is 14.4. The first-order valence-corrected chi connectivity index (χ1v) is 9.29. The van der Waals surface area contributed by atoms with Crippen LogP contribution in [0.15, 0.2) is 12.3 Å². The van der Waals surface area contributed by atoms with E-state index in [1.807, 2.05) is 0 Å². The minimum Gasteiger partial charge on any atom is -0.491 e. The SMILES string of the molecule is COCC1(O)CCN(C(=O)c2cnc(-c3cc(F)c(F)c(OC)c3F)s2)CC1. The molecule has 10 heteroatoms. The van der Waals surface area contributed by atoms with Gasteiger partial charge in [0.15, 0.2) is 17.4 Å². The molecule has 28 heavy (non-hydrogen) atoms. The maximum Gasteiger partial charge on any atom is 0.265 e. The van der Waals surface area contributed by atoms with Crippen molar-refractivity contribution in [1.29, 1.82) is 0 Å². The second-order valence-electron chi connectivity index (χ2n) is 6.55. The van der Waals surface area contributed by atoms with E-state index in [0.29, 0.717) is 32.0 Å². The van der Waals surface area contributed by atoms with Crippen LogP contribution in [0, 0.1) is 17.5 Å². The van der Waals surface area contributed by atoms with Crippen molar-refractivity contribution >= 4 is 17.2 Å². The molecule has 1 aromatic heterocycles. The molecule has 0 aliphatic carbocycles. The normalized spacial score (nSPS) is 16.3. The van der Waals surface area contributed by atoms with Gasteiger partial charge >= 0.3 is 0 Å². The van der Waals surface area contributed by atoms with Crippen LogP contribution in [0.1, 0.15) is 22.5 Å². The molecule has 2 aromatic rings. The van der Waals surface area contributed by atoms with Crippen LogP contribution in [0.4, 0.5) is 13.2 Å². The molecular formula is C18H19F3N2O4S. The van der Waals surface area contributed by atoms with E-state index in [0.717, 1.165) is 18.4 Å². The van der Waals surface area contributed by atoms with Gasteiger partial charge in [0.05, 0.1) is 31.1 Å². The molecule has 3 rings (SSSR count). The zero-order valence-electron chi connectivity index (χ0n) is 15.3. The zero-order valence-corrected chi connectivity index (χ0v) is 16.1. The van der Waals surface area contributed by atoms with E-state index in [2.05, 4.69) is 9.72 Å². The Balaban J connectivity index is 1.80. The fourth-order valence-corrected chi connectivity index (χ4v) is 4.00. The van der Waals surface area contributed by atoms with E-state index in [1.54, 1.807) is 4.90 Å². The van der Waals surface area contributed by atoms with Gasteiger partial charge in [0.2, 0.25) is 5.82 Å². The molecule has 0 unspecified atom stereocenters. The number of ether oxygens (including phenoxy) is 2.